The van der Waals surface area contributed by atoms with Crippen LogP contribution in [-0.2, 0) is 9.84 Å². The van der Waals surface area contributed by atoms with Crippen molar-refractivity contribution in [3.05, 3.63) is 115 Å². The van der Waals surface area contributed by atoms with Crippen LogP contribution in [0.25, 0.3) is 0 Å². The van der Waals surface area contributed by atoms with Crippen molar-refractivity contribution in [1.29, 1.82) is 0 Å². The number of aryl methyl sites for hydroxylation is 1. The molecule has 5 heteroatoms. The molecule has 0 aliphatic rings. The molecule has 4 aromatic rings. The standard InChI is InChI=1S/C25H23O3PS/c1-20-12-16-24(17-13-20)30(27,28)25-18-14-23(15-19-25)29(26,21-8-4-2-5-9-21)22-10-6-3-7-11-22/h2-19,26,29H,1H3. The summed E-state index contributed by atoms with van der Waals surface area (Å²) in [5.41, 5.74) is 1.01. The summed E-state index contributed by atoms with van der Waals surface area (Å²) in [7, 11) is -6.85. The maximum atomic E-state index is 13.0. The molecule has 0 heterocycles. The molecule has 0 aliphatic carbocycles. The Morgan fingerprint density at radius 3 is 1.37 bits per heavy atom. The van der Waals surface area contributed by atoms with Crippen molar-refractivity contribution in [1.82, 2.24) is 0 Å². The van der Waals surface area contributed by atoms with Crippen LogP contribution in [0.1, 0.15) is 5.56 Å². The molecule has 0 saturated carbocycles. The van der Waals surface area contributed by atoms with Gasteiger partial charge in [0.2, 0.25) is 0 Å². The fourth-order valence-corrected chi connectivity index (χ4v) is 7.85. The van der Waals surface area contributed by atoms with Gasteiger partial charge in [0.15, 0.2) is 0 Å². The third kappa shape index (κ3) is 3.70. The fraction of sp³-hybridized carbons (Fsp3) is 0.0400. The van der Waals surface area contributed by atoms with Gasteiger partial charge in [0.1, 0.15) is 0 Å². The number of hydrogen-bond donors (Lipinski definition) is 1. The van der Waals surface area contributed by atoms with Gasteiger partial charge in [-0.05, 0) is 0 Å². The molecule has 4 aromatic carbocycles. The molecule has 4 rings (SSSR count). The molecule has 1 N–H and O–H groups in total. The van der Waals surface area contributed by atoms with E-state index in [0.717, 1.165) is 21.5 Å². The Balaban J connectivity index is 1.80. The molecule has 0 atom stereocenters. The Labute approximate surface area is 178 Å². The van der Waals surface area contributed by atoms with E-state index in [1.54, 1.807) is 48.5 Å². The van der Waals surface area contributed by atoms with Gasteiger partial charge in [-0.3, -0.25) is 0 Å². The Bertz CT molecular complexity index is 1200. The fourth-order valence-electron chi connectivity index (χ4n) is 3.59. The summed E-state index contributed by atoms with van der Waals surface area (Å²) < 4.78 is 26.0. The Kier molecular flexibility index (Phi) is 5.57. The molecule has 3 nitrogen and oxygen atoms in total. The van der Waals surface area contributed by atoms with Crippen LogP contribution in [0, 0.1) is 6.92 Å². The molecule has 0 aliphatic heterocycles. The van der Waals surface area contributed by atoms with Crippen molar-refractivity contribution >= 4 is 33.2 Å². The topological polar surface area (TPSA) is 54.4 Å². The van der Waals surface area contributed by atoms with Crippen LogP contribution in [0.5, 0.6) is 0 Å². The molecule has 152 valence electrons. The average molecular weight is 434 g/mol. The first-order valence-electron chi connectivity index (χ1n) is 9.68. The van der Waals surface area contributed by atoms with Crippen molar-refractivity contribution in [2.45, 2.75) is 16.7 Å². The minimum atomic E-state index is -3.61. The van der Waals surface area contributed by atoms with E-state index >= 15 is 0 Å². The van der Waals surface area contributed by atoms with Crippen LogP contribution in [0.4, 0.5) is 0 Å². The first-order chi connectivity index (χ1) is 14.4. The third-order valence-electron chi connectivity index (χ3n) is 5.30. The van der Waals surface area contributed by atoms with Crippen LogP contribution in [0.3, 0.4) is 0 Å². The normalized spacial score (nSPS) is 12.5. The van der Waals surface area contributed by atoms with Gasteiger partial charge in [0, 0.05) is 0 Å². The number of sulfone groups is 1. The summed E-state index contributed by atoms with van der Waals surface area (Å²) >= 11 is 0. The van der Waals surface area contributed by atoms with Crippen molar-refractivity contribution in [2.75, 3.05) is 0 Å². The molecule has 0 saturated heterocycles. The van der Waals surface area contributed by atoms with Gasteiger partial charge in [-0.1, -0.05) is 0 Å². The third-order valence-corrected chi connectivity index (χ3v) is 10.6. The van der Waals surface area contributed by atoms with Crippen LogP contribution < -0.4 is 15.9 Å². The van der Waals surface area contributed by atoms with Crippen LogP contribution in [0.2, 0.25) is 0 Å². The van der Waals surface area contributed by atoms with Gasteiger partial charge in [-0.2, -0.15) is 0 Å². The van der Waals surface area contributed by atoms with E-state index in [9.17, 15) is 13.3 Å². The molecular weight excluding hydrogens is 411 g/mol. The van der Waals surface area contributed by atoms with Crippen LogP contribution >= 0.6 is 7.49 Å². The van der Waals surface area contributed by atoms with E-state index in [0.29, 0.717) is 0 Å². The first-order valence-corrected chi connectivity index (χ1v) is 13.1. The molecule has 0 radical (unpaired) electrons. The quantitative estimate of drug-likeness (QED) is 0.487. The van der Waals surface area contributed by atoms with E-state index in [1.807, 2.05) is 67.6 Å². The van der Waals surface area contributed by atoms with Crippen molar-refractivity contribution in [3.63, 3.8) is 0 Å². The summed E-state index contributed by atoms with van der Waals surface area (Å²) in [5.74, 6) is 0. The predicted molar refractivity (Wildman–Crippen MR) is 125 cm³/mol. The number of benzene rings is 4. The van der Waals surface area contributed by atoms with Crippen LogP contribution in [-0.4, -0.2) is 13.3 Å². The van der Waals surface area contributed by atoms with Gasteiger partial charge in [-0.25, -0.2) is 0 Å². The molecule has 0 unspecified atom stereocenters. The van der Waals surface area contributed by atoms with E-state index in [4.69, 9.17) is 0 Å². The van der Waals surface area contributed by atoms with Crippen molar-refractivity contribution < 1.29 is 13.3 Å². The number of hydrogen-bond acceptors (Lipinski definition) is 3. The Morgan fingerprint density at radius 2 is 0.933 bits per heavy atom. The van der Waals surface area contributed by atoms with E-state index in [2.05, 4.69) is 0 Å². The maximum absolute atomic E-state index is 13.0. The van der Waals surface area contributed by atoms with Gasteiger partial charge in [-0.15, -0.1) is 0 Å². The van der Waals surface area contributed by atoms with Gasteiger partial charge >= 0.3 is 178 Å². The molecule has 0 spiro atoms. The van der Waals surface area contributed by atoms with Gasteiger partial charge in [0.05, 0.1) is 0 Å². The summed E-state index contributed by atoms with van der Waals surface area (Å²) in [6, 6.07) is 32.7. The summed E-state index contributed by atoms with van der Waals surface area (Å²) in [4.78, 5) is 12.4. The Hall–Kier alpha value is -2.78. The van der Waals surface area contributed by atoms with E-state index < -0.39 is 17.3 Å². The second-order valence-corrected chi connectivity index (χ2v) is 12.4. The molecular formula is C25H23O3PS. The molecule has 0 amide bonds. The summed E-state index contributed by atoms with van der Waals surface area (Å²) in [5, 5.41) is 2.44. The van der Waals surface area contributed by atoms with Crippen molar-refractivity contribution in [3.8, 4) is 0 Å². The van der Waals surface area contributed by atoms with Crippen LogP contribution in [0.15, 0.2) is 119 Å². The second-order valence-electron chi connectivity index (χ2n) is 7.28. The SMILES string of the molecule is Cc1ccc(S(=O)(=O)c2ccc([PH](O)(c3ccccc3)c3ccccc3)cc2)cc1. The zero-order chi connectivity index (χ0) is 21.2. The van der Waals surface area contributed by atoms with Gasteiger partial charge < -0.3 is 0 Å². The summed E-state index contributed by atoms with van der Waals surface area (Å²) in [6.45, 7) is 1.92. The predicted octanol–water partition coefficient (Wildman–Crippen LogP) is 3.76. The molecule has 0 aromatic heterocycles. The average Bonchev–Trinajstić information content (AvgIpc) is 2.80. The van der Waals surface area contributed by atoms with E-state index in [-0.39, 0.29) is 9.79 Å². The molecule has 0 fully saturated rings. The second kappa shape index (κ2) is 8.16. The van der Waals surface area contributed by atoms with Gasteiger partial charge in [0.25, 0.3) is 0 Å². The Morgan fingerprint density at radius 1 is 0.567 bits per heavy atom. The first kappa shape index (κ1) is 20.5. The molecule has 0 bridgehead atoms. The zero-order valence-corrected chi connectivity index (χ0v) is 18.4. The minimum absolute atomic E-state index is 0.215. The zero-order valence-electron chi connectivity index (χ0n) is 16.6. The summed E-state index contributed by atoms with van der Waals surface area (Å²) in [6.07, 6.45) is 0. The van der Waals surface area contributed by atoms with Crippen molar-refractivity contribution in [2.24, 2.45) is 0 Å². The molecule has 30 heavy (non-hydrogen) atoms. The monoisotopic (exact) mass is 434 g/mol. The number of rotatable bonds is 5. The van der Waals surface area contributed by atoms with E-state index in [1.165, 1.54) is 0 Å².